The monoisotopic (exact) mass is 313 g/mol. The highest BCUT2D eigenvalue weighted by atomic mass is 19.1. The van der Waals surface area contributed by atoms with Crippen LogP contribution in [0.15, 0.2) is 54.6 Å². The predicted molar refractivity (Wildman–Crippen MR) is 86.3 cm³/mol. The second-order valence-electron chi connectivity index (χ2n) is 5.85. The molecule has 1 atom stereocenters. The first-order valence-corrected chi connectivity index (χ1v) is 7.88. The topological polar surface area (TPSA) is 29.5 Å². The third kappa shape index (κ3) is 4.39. The summed E-state index contributed by atoms with van der Waals surface area (Å²) >= 11 is 0. The molecule has 0 aliphatic carbocycles. The van der Waals surface area contributed by atoms with Crippen LogP contribution in [-0.4, -0.2) is 30.0 Å². The van der Waals surface area contributed by atoms with E-state index in [4.69, 9.17) is 4.74 Å². The number of amides is 1. The van der Waals surface area contributed by atoms with Crippen molar-refractivity contribution in [2.45, 2.75) is 25.6 Å². The van der Waals surface area contributed by atoms with Gasteiger partial charge in [-0.3, -0.25) is 4.79 Å². The quantitative estimate of drug-likeness (QED) is 0.848. The van der Waals surface area contributed by atoms with E-state index in [1.807, 2.05) is 30.3 Å². The van der Waals surface area contributed by atoms with Crippen LogP contribution in [0.1, 0.15) is 17.5 Å². The molecule has 23 heavy (non-hydrogen) atoms. The summed E-state index contributed by atoms with van der Waals surface area (Å²) in [4.78, 5) is 14.1. The van der Waals surface area contributed by atoms with Gasteiger partial charge in [0.05, 0.1) is 19.1 Å². The Labute approximate surface area is 135 Å². The van der Waals surface area contributed by atoms with E-state index in [-0.39, 0.29) is 24.2 Å². The third-order valence-electron chi connectivity index (χ3n) is 4.07. The summed E-state index contributed by atoms with van der Waals surface area (Å²) in [5.41, 5.74) is 1.85. The van der Waals surface area contributed by atoms with E-state index >= 15 is 0 Å². The number of halogens is 1. The lowest BCUT2D eigenvalue weighted by Crippen LogP contribution is -2.31. The van der Waals surface area contributed by atoms with E-state index in [9.17, 15) is 9.18 Å². The number of hydrogen-bond donors (Lipinski definition) is 0. The maximum absolute atomic E-state index is 13.2. The van der Waals surface area contributed by atoms with Crippen molar-refractivity contribution in [3.63, 3.8) is 0 Å². The molecule has 0 N–H and O–H groups in total. The van der Waals surface area contributed by atoms with Gasteiger partial charge in [0.25, 0.3) is 0 Å². The van der Waals surface area contributed by atoms with Crippen LogP contribution in [0, 0.1) is 5.82 Å². The Balaban J connectivity index is 1.48. The van der Waals surface area contributed by atoms with Crippen molar-refractivity contribution < 1.29 is 13.9 Å². The van der Waals surface area contributed by atoms with Crippen molar-refractivity contribution >= 4 is 5.91 Å². The zero-order valence-electron chi connectivity index (χ0n) is 13.0. The van der Waals surface area contributed by atoms with Crippen LogP contribution in [0.25, 0.3) is 0 Å². The number of carbonyl (C=O) groups is 1. The molecule has 2 aromatic rings. The summed E-state index contributed by atoms with van der Waals surface area (Å²) in [6.07, 6.45) is 1.16. The SMILES string of the molecule is O=C(Cc1cccc(F)c1)N1CCC(OCc2ccccc2)C1. The molecule has 1 aliphatic rings. The fraction of sp³-hybridized carbons (Fsp3) is 0.316. The number of carbonyl (C=O) groups excluding carboxylic acids is 1. The highest BCUT2D eigenvalue weighted by Crippen LogP contribution is 2.16. The van der Waals surface area contributed by atoms with Gasteiger partial charge in [0.2, 0.25) is 5.91 Å². The zero-order chi connectivity index (χ0) is 16.1. The standard InChI is InChI=1S/C19H20FNO2/c20-17-8-4-7-16(11-17)12-19(22)21-10-9-18(13-21)23-14-15-5-2-1-3-6-15/h1-8,11,18H,9-10,12-14H2. The average Bonchev–Trinajstić information content (AvgIpc) is 3.03. The van der Waals surface area contributed by atoms with Gasteiger partial charge in [0.15, 0.2) is 0 Å². The third-order valence-corrected chi connectivity index (χ3v) is 4.07. The van der Waals surface area contributed by atoms with Crippen molar-refractivity contribution in [2.75, 3.05) is 13.1 Å². The van der Waals surface area contributed by atoms with Gasteiger partial charge in [-0.1, -0.05) is 42.5 Å². The maximum atomic E-state index is 13.2. The molecule has 0 saturated carbocycles. The Bertz CT molecular complexity index is 659. The summed E-state index contributed by atoms with van der Waals surface area (Å²) in [6.45, 7) is 1.88. The Morgan fingerprint density at radius 1 is 1.13 bits per heavy atom. The summed E-state index contributed by atoms with van der Waals surface area (Å²) in [6, 6.07) is 16.2. The number of ether oxygens (including phenoxy) is 1. The molecule has 0 bridgehead atoms. The molecular formula is C19H20FNO2. The molecule has 4 heteroatoms. The maximum Gasteiger partial charge on any atom is 0.227 e. The lowest BCUT2D eigenvalue weighted by Gasteiger charge is -2.17. The van der Waals surface area contributed by atoms with Gasteiger partial charge in [0, 0.05) is 13.1 Å². The summed E-state index contributed by atoms with van der Waals surface area (Å²) < 4.78 is 19.1. The minimum Gasteiger partial charge on any atom is -0.372 e. The van der Waals surface area contributed by atoms with Crippen molar-refractivity contribution in [1.29, 1.82) is 0 Å². The number of hydrogen-bond acceptors (Lipinski definition) is 2. The van der Waals surface area contributed by atoms with Crippen molar-refractivity contribution in [3.05, 3.63) is 71.5 Å². The predicted octanol–water partition coefficient (Wildman–Crippen LogP) is 3.19. The second-order valence-corrected chi connectivity index (χ2v) is 5.85. The fourth-order valence-corrected chi connectivity index (χ4v) is 2.81. The van der Waals surface area contributed by atoms with E-state index < -0.39 is 0 Å². The normalized spacial score (nSPS) is 17.4. The molecule has 3 rings (SSSR count). The highest BCUT2D eigenvalue weighted by molar-refractivity contribution is 5.79. The van der Waals surface area contributed by atoms with Gasteiger partial charge in [-0.25, -0.2) is 4.39 Å². The number of benzene rings is 2. The largest absolute Gasteiger partial charge is 0.372 e. The molecule has 1 heterocycles. The van der Waals surface area contributed by atoms with E-state index in [1.165, 1.54) is 12.1 Å². The number of rotatable bonds is 5. The highest BCUT2D eigenvalue weighted by Gasteiger charge is 2.26. The van der Waals surface area contributed by atoms with E-state index in [0.29, 0.717) is 25.3 Å². The van der Waals surface area contributed by atoms with Crippen LogP contribution in [0.3, 0.4) is 0 Å². The van der Waals surface area contributed by atoms with Crippen LogP contribution < -0.4 is 0 Å². The van der Waals surface area contributed by atoms with Gasteiger partial charge < -0.3 is 9.64 Å². The molecule has 0 radical (unpaired) electrons. The van der Waals surface area contributed by atoms with Crippen LogP contribution in [0.4, 0.5) is 4.39 Å². The van der Waals surface area contributed by atoms with Gasteiger partial charge in [0.1, 0.15) is 5.82 Å². The Hall–Kier alpha value is -2.20. The molecule has 3 nitrogen and oxygen atoms in total. The van der Waals surface area contributed by atoms with Gasteiger partial charge in [-0.2, -0.15) is 0 Å². The Morgan fingerprint density at radius 2 is 1.91 bits per heavy atom. The van der Waals surface area contributed by atoms with Crippen LogP contribution in [0.5, 0.6) is 0 Å². The van der Waals surface area contributed by atoms with Gasteiger partial charge in [-0.05, 0) is 29.7 Å². The van der Waals surface area contributed by atoms with Gasteiger partial charge >= 0.3 is 0 Å². The fourth-order valence-electron chi connectivity index (χ4n) is 2.81. The number of nitrogens with zero attached hydrogens (tertiary/aromatic N) is 1. The van der Waals surface area contributed by atoms with E-state index in [2.05, 4.69) is 0 Å². The molecule has 2 aromatic carbocycles. The van der Waals surface area contributed by atoms with E-state index in [0.717, 1.165) is 12.0 Å². The average molecular weight is 313 g/mol. The molecule has 120 valence electrons. The van der Waals surface area contributed by atoms with E-state index in [1.54, 1.807) is 17.0 Å². The molecule has 1 unspecified atom stereocenters. The van der Waals surface area contributed by atoms with Gasteiger partial charge in [-0.15, -0.1) is 0 Å². The molecule has 0 aromatic heterocycles. The van der Waals surface area contributed by atoms with Crippen molar-refractivity contribution in [1.82, 2.24) is 4.90 Å². The lowest BCUT2D eigenvalue weighted by molar-refractivity contribution is -0.130. The number of likely N-dealkylation sites (tertiary alicyclic amines) is 1. The second kappa shape index (κ2) is 7.38. The van der Waals surface area contributed by atoms with Crippen LogP contribution >= 0.6 is 0 Å². The molecule has 1 saturated heterocycles. The van der Waals surface area contributed by atoms with Crippen molar-refractivity contribution in [3.8, 4) is 0 Å². The lowest BCUT2D eigenvalue weighted by atomic mass is 10.1. The summed E-state index contributed by atoms with van der Waals surface area (Å²) in [7, 11) is 0. The first kappa shape index (κ1) is 15.7. The summed E-state index contributed by atoms with van der Waals surface area (Å²) in [5, 5.41) is 0. The van der Waals surface area contributed by atoms with Crippen molar-refractivity contribution in [2.24, 2.45) is 0 Å². The first-order chi connectivity index (χ1) is 11.2. The summed E-state index contributed by atoms with van der Waals surface area (Å²) in [5.74, 6) is -0.276. The molecular weight excluding hydrogens is 293 g/mol. The Morgan fingerprint density at radius 3 is 2.70 bits per heavy atom. The first-order valence-electron chi connectivity index (χ1n) is 7.88. The smallest absolute Gasteiger partial charge is 0.227 e. The molecule has 1 fully saturated rings. The molecule has 1 aliphatic heterocycles. The zero-order valence-corrected chi connectivity index (χ0v) is 13.0. The molecule has 0 spiro atoms. The molecule has 1 amide bonds. The minimum absolute atomic E-state index is 0.0291. The minimum atomic E-state index is -0.305. The Kier molecular flexibility index (Phi) is 5.03. The van der Waals surface area contributed by atoms with Crippen LogP contribution in [0.2, 0.25) is 0 Å². The van der Waals surface area contributed by atoms with Crippen LogP contribution in [-0.2, 0) is 22.6 Å².